The van der Waals surface area contributed by atoms with Crippen molar-refractivity contribution in [2.24, 2.45) is 0 Å². The summed E-state index contributed by atoms with van der Waals surface area (Å²) in [6, 6.07) is 8.90. The Balaban J connectivity index is 1.98. The monoisotopic (exact) mass is 604 g/mol. The lowest BCUT2D eigenvalue weighted by molar-refractivity contribution is -0.122. The lowest BCUT2D eigenvalue weighted by atomic mass is 10.1. The fraction of sp³-hybridized carbons (Fsp3) is 0.105. The summed E-state index contributed by atoms with van der Waals surface area (Å²) in [4.78, 5) is 38.3. The minimum Gasteiger partial charge on any atom is -0.506 e. The van der Waals surface area contributed by atoms with Crippen molar-refractivity contribution in [3.8, 4) is 11.5 Å². The fourth-order valence-electron chi connectivity index (χ4n) is 2.59. The molecule has 0 aliphatic carbocycles. The lowest BCUT2D eigenvalue weighted by Crippen LogP contribution is -2.54. The van der Waals surface area contributed by atoms with Crippen molar-refractivity contribution in [2.45, 2.75) is 6.92 Å². The first kappa shape index (κ1) is 20.6. The van der Waals surface area contributed by atoms with Crippen LogP contribution in [0.1, 0.15) is 12.5 Å². The van der Waals surface area contributed by atoms with Crippen LogP contribution in [0.25, 0.3) is 6.08 Å². The van der Waals surface area contributed by atoms with Crippen molar-refractivity contribution in [1.82, 2.24) is 5.32 Å². The van der Waals surface area contributed by atoms with Crippen LogP contribution < -0.4 is 15.0 Å². The Morgan fingerprint density at radius 3 is 2.29 bits per heavy atom. The predicted molar refractivity (Wildman–Crippen MR) is 120 cm³/mol. The molecule has 9 heteroatoms. The minimum absolute atomic E-state index is 0.133. The number of carbonyl (C=O) groups is 3. The Bertz CT molecular complexity index is 979. The molecule has 0 saturated carbocycles. The van der Waals surface area contributed by atoms with Gasteiger partial charge in [0.1, 0.15) is 17.1 Å². The summed E-state index contributed by atoms with van der Waals surface area (Å²) in [5.74, 6) is -0.753. The Kier molecular flexibility index (Phi) is 6.23. The molecule has 2 aromatic carbocycles. The predicted octanol–water partition coefficient (Wildman–Crippen LogP) is 3.67. The van der Waals surface area contributed by atoms with Gasteiger partial charge < -0.3 is 9.84 Å². The zero-order valence-electron chi connectivity index (χ0n) is 14.5. The third-order valence-corrected chi connectivity index (χ3v) is 5.50. The number of ether oxygens (including phenoxy) is 1. The quantitative estimate of drug-likeness (QED) is 0.316. The molecule has 0 spiro atoms. The van der Waals surface area contributed by atoms with Crippen molar-refractivity contribution in [3.63, 3.8) is 0 Å². The van der Waals surface area contributed by atoms with E-state index >= 15 is 0 Å². The summed E-state index contributed by atoms with van der Waals surface area (Å²) >= 11 is 3.92. The molecule has 28 heavy (non-hydrogen) atoms. The van der Waals surface area contributed by atoms with Gasteiger partial charge in [0.05, 0.1) is 19.4 Å². The van der Waals surface area contributed by atoms with Crippen LogP contribution in [0.4, 0.5) is 10.5 Å². The number of carbonyl (C=O) groups excluding carboxylic acids is 3. The van der Waals surface area contributed by atoms with Gasteiger partial charge in [-0.05, 0) is 100 Å². The summed E-state index contributed by atoms with van der Waals surface area (Å²) in [5.41, 5.74) is 0.705. The van der Waals surface area contributed by atoms with E-state index in [-0.39, 0.29) is 11.3 Å². The molecule has 2 aromatic rings. The van der Waals surface area contributed by atoms with Gasteiger partial charge >= 0.3 is 6.03 Å². The molecule has 0 aromatic heterocycles. The van der Waals surface area contributed by atoms with Gasteiger partial charge in [0.25, 0.3) is 11.8 Å². The van der Waals surface area contributed by atoms with Gasteiger partial charge in [0.2, 0.25) is 0 Å². The second-order valence-electron chi connectivity index (χ2n) is 5.72. The number of rotatable bonds is 4. The van der Waals surface area contributed by atoms with Crippen molar-refractivity contribution in [1.29, 1.82) is 0 Å². The van der Waals surface area contributed by atoms with Crippen LogP contribution >= 0.6 is 45.2 Å². The van der Waals surface area contributed by atoms with E-state index in [4.69, 9.17) is 4.74 Å². The van der Waals surface area contributed by atoms with Gasteiger partial charge in [-0.25, -0.2) is 9.69 Å². The van der Waals surface area contributed by atoms with Crippen molar-refractivity contribution in [3.05, 3.63) is 54.7 Å². The number of phenolic OH excluding ortho intramolecular Hbond substituents is 1. The van der Waals surface area contributed by atoms with Gasteiger partial charge in [-0.1, -0.05) is 0 Å². The fourth-order valence-corrected chi connectivity index (χ4v) is 4.40. The Morgan fingerprint density at radius 2 is 1.71 bits per heavy atom. The van der Waals surface area contributed by atoms with Gasteiger partial charge in [-0.15, -0.1) is 0 Å². The molecule has 1 heterocycles. The molecule has 3 rings (SSSR count). The van der Waals surface area contributed by atoms with Gasteiger partial charge in [-0.2, -0.15) is 0 Å². The molecule has 1 aliphatic heterocycles. The largest absolute Gasteiger partial charge is 0.506 e. The van der Waals surface area contributed by atoms with Crippen LogP contribution in [0.5, 0.6) is 11.5 Å². The molecule has 1 aliphatic rings. The van der Waals surface area contributed by atoms with E-state index in [1.807, 2.05) is 52.1 Å². The number of hydrogen-bond acceptors (Lipinski definition) is 5. The number of amides is 4. The van der Waals surface area contributed by atoms with E-state index in [1.54, 1.807) is 36.4 Å². The van der Waals surface area contributed by atoms with Crippen LogP contribution in [-0.2, 0) is 9.59 Å². The standard InChI is InChI=1S/C19H14I2N2O5/c1-2-28-12-5-3-11(4-6-12)23-18(26)13(17(25)22-19(23)27)7-10-8-14(20)16(24)15(21)9-10/h3-9,24H,2H2,1H3,(H,22,25,27)/b13-7+. The summed E-state index contributed by atoms with van der Waals surface area (Å²) < 4.78 is 6.53. The summed E-state index contributed by atoms with van der Waals surface area (Å²) in [7, 11) is 0. The molecule has 1 fully saturated rings. The number of urea groups is 1. The zero-order chi connectivity index (χ0) is 20.4. The SMILES string of the molecule is CCOc1ccc(N2C(=O)NC(=O)/C(=C\c3cc(I)c(O)c(I)c3)C2=O)cc1. The maximum atomic E-state index is 12.9. The highest BCUT2D eigenvalue weighted by Gasteiger charge is 2.36. The van der Waals surface area contributed by atoms with Crippen LogP contribution in [-0.4, -0.2) is 29.6 Å². The van der Waals surface area contributed by atoms with E-state index < -0.39 is 17.8 Å². The molecule has 2 N–H and O–H groups in total. The third kappa shape index (κ3) is 4.14. The smallest absolute Gasteiger partial charge is 0.335 e. The lowest BCUT2D eigenvalue weighted by Gasteiger charge is -2.26. The molecular weight excluding hydrogens is 590 g/mol. The number of nitrogens with zero attached hydrogens (tertiary/aromatic N) is 1. The summed E-state index contributed by atoms with van der Waals surface area (Å²) in [5, 5.41) is 12.1. The number of hydrogen-bond donors (Lipinski definition) is 2. The maximum Gasteiger partial charge on any atom is 0.335 e. The number of aromatic hydroxyl groups is 1. The third-order valence-electron chi connectivity index (χ3n) is 3.86. The topological polar surface area (TPSA) is 95.9 Å². The first-order valence-corrected chi connectivity index (χ1v) is 10.3. The molecular formula is C19H14I2N2O5. The normalized spacial score (nSPS) is 15.8. The Labute approximate surface area is 188 Å². The number of benzene rings is 2. The van der Waals surface area contributed by atoms with E-state index in [1.165, 1.54) is 6.08 Å². The first-order valence-electron chi connectivity index (χ1n) is 8.14. The first-order chi connectivity index (χ1) is 13.3. The number of phenols is 1. The minimum atomic E-state index is -0.814. The number of anilines is 1. The highest BCUT2D eigenvalue weighted by atomic mass is 127. The average Bonchev–Trinajstić information content (AvgIpc) is 2.64. The number of barbiturate groups is 1. The van der Waals surface area contributed by atoms with Crippen molar-refractivity contribution in [2.75, 3.05) is 11.5 Å². The van der Waals surface area contributed by atoms with Crippen LogP contribution in [0.15, 0.2) is 42.0 Å². The molecule has 0 atom stereocenters. The molecule has 7 nitrogen and oxygen atoms in total. The second kappa shape index (κ2) is 8.47. The number of imide groups is 2. The zero-order valence-corrected chi connectivity index (χ0v) is 18.8. The summed E-state index contributed by atoms with van der Waals surface area (Å²) in [6.45, 7) is 2.35. The molecule has 4 amide bonds. The van der Waals surface area contributed by atoms with E-state index in [0.29, 0.717) is 30.7 Å². The van der Waals surface area contributed by atoms with Crippen molar-refractivity contribution < 1.29 is 24.2 Å². The van der Waals surface area contributed by atoms with E-state index in [0.717, 1.165) is 4.90 Å². The number of halogens is 2. The molecule has 0 radical (unpaired) electrons. The van der Waals surface area contributed by atoms with Crippen LogP contribution in [0.2, 0.25) is 0 Å². The maximum absolute atomic E-state index is 12.9. The highest BCUT2D eigenvalue weighted by Crippen LogP contribution is 2.29. The number of nitrogens with one attached hydrogen (secondary N) is 1. The van der Waals surface area contributed by atoms with Crippen LogP contribution in [0, 0.1) is 7.14 Å². The van der Waals surface area contributed by atoms with E-state index in [9.17, 15) is 19.5 Å². The van der Waals surface area contributed by atoms with Crippen molar-refractivity contribution >= 4 is 74.8 Å². The molecule has 1 saturated heterocycles. The highest BCUT2D eigenvalue weighted by molar-refractivity contribution is 14.1. The van der Waals surface area contributed by atoms with Gasteiger partial charge in [0.15, 0.2) is 0 Å². The summed E-state index contributed by atoms with van der Waals surface area (Å²) in [6.07, 6.45) is 1.40. The Hall–Kier alpha value is -2.15. The Morgan fingerprint density at radius 1 is 1.11 bits per heavy atom. The average molecular weight is 604 g/mol. The van der Waals surface area contributed by atoms with Gasteiger partial charge in [-0.3, -0.25) is 14.9 Å². The van der Waals surface area contributed by atoms with E-state index in [2.05, 4.69) is 5.32 Å². The van der Waals surface area contributed by atoms with Crippen LogP contribution in [0.3, 0.4) is 0 Å². The van der Waals surface area contributed by atoms with Gasteiger partial charge in [0, 0.05) is 0 Å². The molecule has 144 valence electrons. The second-order valence-corrected chi connectivity index (χ2v) is 8.04. The molecule has 0 unspecified atom stereocenters. The molecule has 0 bridgehead atoms.